The molecule has 1 fully saturated rings. The Hall–Kier alpha value is -1.92. The highest BCUT2D eigenvalue weighted by Gasteiger charge is 2.29. The topological polar surface area (TPSA) is 65.0 Å². The quantitative estimate of drug-likeness (QED) is 0.881. The van der Waals surface area contributed by atoms with Crippen LogP contribution in [-0.4, -0.2) is 48.6 Å². The summed E-state index contributed by atoms with van der Waals surface area (Å²) >= 11 is 0. The van der Waals surface area contributed by atoms with Gasteiger partial charge in [-0.25, -0.2) is 5.01 Å². The van der Waals surface area contributed by atoms with Gasteiger partial charge in [0.25, 0.3) is 5.91 Å². The van der Waals surface area contributed by atoms with Crippen LogP contribution in [0.4, 0.5) is 5.69 Å². The van der Waals surface area contributed by atoms with E-state index >= 15 is 0 Å². The summed E-state index contributed by atoms with van der Waals surface area (Å²) in [6.07, 6.45) is 0.743. The van der Waals surface area contributed by atoms with Crippen molar-refractivity contribution < 1.29 is 9.59 Å². The standard InChI is InChI=1S/C17H22N4O2.ClH/c1-12-3-4-13(2)15(11-12)21-16(22)6-5-14(19-21)17(23)20-9-7-18-8-10-20;/h3-4,11,18H,5-10H2,1-2H3;1H. The van der Waals surface area contributed by atoms with Crippen molar-refractivity contribution >= 4 is 35.6 Å². The molecule has 0 aliphatic carbocycles. The third kappa shape index (κ3) is 3.76. The highest BCUT2D eigenvalue weighted by atomic mass is 35.5. The molecule has 24 heavy (non-hydrogen) atoms. The van der Waals surface area contributed by atoms with E-state index in [9.17, 15) is 9.59 Å². The number of rotatable bonds is 2. The van der Waals surface area contributed by atoms with Gasteiger partial charge in [0.2, 0.25) is 5.91 Å². The van der Waals surface area contributed by atoms with Gasteiger partial charge in [-0.1, -0.05) is 12.1 Å². The number of nitrogens with one attached hydrogen (secondary N) is 1. The van der Waals surface area contributed by atoms with Gasteiger partial charge in [-0.15, -0.1) is 12.4 Å². The Kier molecular flexibility index (Phi) is 5.96. The molecule has 2 heterocycles. The monoisotopic (exact) mass is 350 g/mol. The van der Waals surface area contributed by atoms with E-state index in [2.05, 4.69) is 10.4 Å². The lowest BCUT2D eigenvalue weighted by molar-refractivity contribution is -0.124. The van der Waals surface area contributed by atoms with Crippen molar-refractivity contribution in [3.8, 4) is 0 Å². The maximum atomic E-state index is 12.6. The first-order valence-corrected chi connectivity index (χ1v) is 8.04. The molecule has 3 rings (SSSR count). The fraction of sp³-hybridized carbons (Fsp3) is 0.471. The molecule has 0 saturated carbocycles. The molecule has 1 N–H and O–H groups in total. The number of carbonyl (C=O) groups is 2. The first-order valence-electron chi connectivity index (χ1n) is 8.04. The third-order valence-corrected chi connectivity index (χ3v) is 4.28. The number of anilines is 1. The molecule has 1 aromatic rings. The lowest BCUT2D eigenvalue weighted by Gasteiger charge is -2.30. The first-order chi connectivity index (χ1) is 11.1. The normalized spacial score (nSPS) is 18.1. The number of carbonyl (C=O) groups excluding carboxylic acids is 2. The highest BCUT2D eigenvalue weighted by molar-refractivity contribution is 6.40. The van der Waals surface area contributed by atoms with Crippen molar-refractivity contribution in [3.05, 3.63) is 29.3 Å². The second-order valence-electron chi connectivity index (χ2n) is 6.08. The van der Waals surface area contributed by atoms with Crippen LogP contribution in [-0.2, 0) is 9.59 Å². The number of nitrogens with zero attached hydrogens (tertiary/aromatic N) is 3. The van der Waals surface area contributed by atoms with Gasteiger partial charge in [-0.05, 0) is 31.0 Å². The van der Waals surface area contributed by atoms with Crippen LogP contribution in [0.5, 0.6) is 0 Å². The summed E-state index contributed by atoms with van der Waals surface area (Å²) in [5.74, 6) is -0.107. The number of hydrogen-bond donors (Lipinski definition) is 1. The van der Waals surface area contributed by atoms with Gasteiger partial charge in [0, 0.05) is 39.0 Å². The summed E-state index contributed by atoms with van der Waals surface area (Å²) in [6.45, 7) is 6.92. The van der Waals surface area contributed by atoms with E-state index in [1.54, 1.807) is 0 Å². The van der Waals surface area contributed by atoms with Crippen LogP contribution < -0.4 is 10.3 Å². The zero-order valence-electron chi connectivity index (χ0n) is 14.0. The molecule has 1 saturated heterocycles. The van der Waals surface area contributed by atoms with Crippen molar-refractivity contribution in [2.24, 2.45) is 5.10 Å². The third-order valence-electron chi connectivity index (χ3n) is 4.28. The van der Waals surface area contributed by atoms with Crippen molar-refractivity contribution in [1.29, 1.82) is 0 Å². The Morgan fingerprint density at radius 3 is 2.58 bits per heavy atom. The predicted molar refractivity (Wildman–Crippen MR) is 96.8 cm³/mol. The van der Waals surface area contributed by atoms with Gasteiger partial charge in [-0.3, -0.25) is 9.59 Å². The SMILES string of the molecule is Cc1ccc(C)c(N2N=C(C(=O)N3CCNCC3)CCC2=O)c1.Cl. The van der Waals surface area contributed by atoms with E-state index in [4.69, 9.17) is 0 Å². The summed E-state index contributed by atoms with van der Waals surface area (Å²) in [4.78, 5) is 26.7. The Labute approximate surface area is 148 Å². The van der Waals surface area contributed by atoms with Gasteiger partial charge in [0.15, 0.2) is 0 Å². The van der Waals surface area contributed by atoms with Crippen LogP contribution in [0, 0.1) is 13.8 Å². The minimum atomic E-state index is -0.0597. The van der Waals surface area contributed by atoms with Gasteiger partial charge < -0.3 is 10.2 Å². The fourth-order valence-corrected chi connectivity index (χ4v) is 2.89. The zero-order chi connectivity index (χ0) is 16.4. The molecule has 0 spiro atoms. The van der Waals surface area contributed by atoms with E-state index in [-0.39, 0.29) is 24.2 Å². The van der Waals surface area contributed by atoms with E-state index in [1.165, 1.54) is 5.01 Å². The summed E-state index contributed by atoms with van der Waals surface area (Å²) in [5.41, 5.74) is 3.28. The van der Waals surface area contributed by atoms with Gasteiger partial charge >= 0.3 is 0 Å². The second kappa shape index (κ2) is 7.77. The van der Waals surface area contributed by atoms with E-state index < -0.39 is 0 Å². The van der Waals surface area contributed by atoms with Gasteiger partial charge in [0.1, 0.15) is 5.71 Å². The molecule has 1 aromatic carbocycles. The molecule has 2 amide bonds. The Morgan fingerprint density at radius 2 is 1.88 bits per heavy atom. The highest BCUT2D eigenvalue weighted by Crippen LogP contribution is 2.25. The van der Waals surface area contributed by atoms with Crippen molar-refractivity contribution in [1.82, 2.24) is 10.2 Å². The van der Waals surface area contributed by atoms with Crippen LogP contribution >= 0.6 is 12.4 Å². The van der Waals surface area contributed by atoms with Crippen LogP contribution in [0.1, 0.15) is 24.0 Å². The molecule has 2 aliphatic rings. The number of amides is 2. The van der Waals surface area contributed by atoms with Crippen molar-refractivity contribution in [2.45, 2.75) is 26.7 Å². The second-order valence-corrected chi connectivity index (χ2v) is 6.08. The van der Waals surface area contributed by atoms with E-state index in [0.717, 1.165) is 29.9 Å². The summed E-state index contributed by atoms with van der Waals surface area (Å²) < 4.78 is 0. The Balaban J connectivity index is 0.00000208. The average molecular weight is 351 g/mol. The maximum Gasteiger partial charge on any atom is 0.270 e. The molecule has 0 unspecified atom stereocenters. The summed E-state index contributed by atoms with van der Waals surface area (Å²) in [5, 5.41) is 9.03. The zero-order valence-corrected chi connectivity index (χ0v) is 14.9. The first kappa shape index (κ1) is 18.4. The van der Waals surface area contributed by atoms with Crippen LogP contribution in [0.15, 0.2) is 23.3 Å². The molecule has 7 heteroatoms. The van der Waals surface area contributed by atoms with Crippen LogP contribution in [0.25, 0.3) is 0 Å². The largest absolute Gasteiger partial charge is 0.335 e. The van der Waals surface area contributed by atoms with Crippen molar-refractivity contribution in [3.63, 3.8) is 0 Å². The number of hydrazone groups is 1. The predicted octanol–water partition coefficient (Wildman–Crippen LogP) is 1.64. The van der Waals surface area contributed by atoms with E-state index in [0.29, 0.717) is 31.6 Å². The lowest BCUT2D eigenvalue weighted by Crippen LogP contribution is -2.50. The minimum absolute atomic E-state index is 0. The van der Waals surface area contributed by atoms with Gasteiger partial charge in [-0.2, -0.15) is 5.10 Å². The number of piperazine rings is 1. The minimum Gasteiger partial charge on any atom is -0.335 e. The smallest absolute Gasteiger partial charge is 0.270 e. The van der Waals surface area contributed by atoms with Crippen LogP contribution in [0.3, 0.4) is 0 Å². The summed E-state index contributed by atoms with van der Waals surface area (Å²) in [7, 11) is 0. The molecule has 2 aliphatic heterocycles. The van der Waals surface area contributed by atoms with Crippen molar-refractivity contribution in [2.75, 3.05) is 31.2 Å². The average Bonchev–Trinajstić information content (AvgIpc) is 2.58. The molecule has 6 nitrogen and oxygen atoms in total. The molecule has 0 bridgehead atoms. The molecule has 0 aromatic heterocycles. The van der Waals surface area contributed by atoms with E-state index in [1.807, 2.05) is 36.9 Å². The molecular formula is C17H23ClN4O2. The number of benzene rings is 1. The molecule has 0 atom stereocenters. The molecule has 130 valence electrons. The maximum absolute atomic E-state index is 12.6. The van der Waals surface area contributed by atoms with Gasteiger partial charge in [0.05, 0.1) is 5.69 Å². The van der Waals surface area contributed by atoms with Crippen LogP contribution in [0.2, 0.25) is 0 Å². The Bertz CT molecular complexity index is 669. The lowest BCUT2D eigenvalue weighted by atomic mass is 10.1. The Morgan fingerprint density at radius 1 is 1.17 bits per heavy atom. The number of halogens is 1. The molecule has 0 radical (unpaired) electrons. The number of hydrogen-bond acceptors (Lipinski definition) is 4. The summed E-state index contributed by atoms with van der Waals surface area (Å²) in [6, 6.07) is 5.92. The molecular weight excluding hydrogens is 328 g/mol. The fourth-order valence-electron chi connectivity index (χ4n) is 2.89. The number of aryl methyl sites for hydroxylation is 2.